The summed E-state index contributed by atoms with van der Waals surface area (Å²) in [7, 11) is 1.78. The molecule has 3 heterocycles. The second-order valence-corrected chi connectivity index (χ2v) is 6.84. The third-order valence-electron chi connectivity index (χ3n) is 4.79. The highest BCUT2D eigenvalue weighted by Crippen LogP contribution is 2.23. The first-order chi connectivity index (χ1) is 13.6. The number of amides is 1. The molecule has 1 fully saturated rings. The van der Waals surface area contributed by atoms with Gasteiger partial charge in [0.1, 0.15) is 11.9 Å². The molecule has 3 aromatic rings. The molecule has 0 N–H and O–H groups in total. The molecule has 28 heavy (non-hydrogen) atoms. The number of hydrogen-bond donors (Lipinski definition) is 0. The Balaban J connectivity index is 1.49. The van der Waals surface area contributed by atoms with Crippen LogP contribution in [-0.4, -0.2) is 45.3 Å². The Morgan fingerprint density at radius 1 is 1.25 bits per heavy atom. The predicted octanol–water partition coefficient (Wildman–Crippen LogP) is 2.76. The van der Waals surface area contributed by atoms with Crippen LogP contribution in [0.1, 0.15) is 33.4 Å². The third-order valence-corrected chi connectivity index (χ3v) is 4.79. The monoisotopic (exact) mass is 380 g/mol. The fourth-order valence-electron chi connectivity index (χ4n) is 3.34. The maximum atomic E-state index is 13.9. The molecule has 0 spiro atoms. The summed E-state index contributed by atoms with van der Waals surface area (Å²) in [4.78, 5) is 19.1. The van der Waals surface area contributed by atoms with Gasteiger partial charge in [-0.1, -0.05) is 24.3 Å². The third kappa shape index (κ3) is 3.94. The lowest BCUT2D eigenvalue weighted by Gasteiger charge is -2.32. The van der Waals surface area contributed by atoms with Crippen LogP contribution in [-0.2, 0) is 18.2 Å². The van der Waals surface area contributed by atoms with Gasteiger partial charge in [-0.05, 0) is 23.8 Å². The van der Waals surface area contributed by atoms with Crippen molar-refractivity contribution in [3.05, 3.63) is 83.2 Å². The first kappa shape index (κ1) is 18.3. The Bertz CT molecular complexity index is 988. The van der Waals surface area contributed by atoms with Gasteiger partial charge in [0.05, 0.1) is 30.6 Å². The number of hydrogen-bond acceptors (Lipinski definition) is 4. The molecule has 1 aromatic carbocycles. The molecule has 144 valence electrons. The number of aromatic nitrogens is 3. The summed E-state index contributed by atoms with van der Waals surface area (Å²) in [5, 5.41) is 4.06. The molecule has 1 aliphatic rings. The maximum absolute atomic E-state index is 13.9. The number of halogens is 1. The van der Waals surface area contributed by atoms with Gasteiger partial charge in [-0.15, -0.1) is 0 Å². The number of carbonyl (C=O) groups is 1. The second-order valence-electron chi connectivity index (χ2n) is 6.84. The van der Waals surface area contributed by atoms with E-state index in [1.807, 2.05) is 24.3 Å². The lowest BCUT2D eigenvalue weighted by atomic mass is 10.1. The number of benzene rings is 1. The minimum Gasteiger partial charge on any atom is -0.368 e. The molecule has 0 bridgehead atoms. The van der Waals surface area contributed by atoms with Crippen molar-refractivity contribution in [1.29, 1.82) is 0 Å². The molecule has 0 aliphatic carbocycles. The van der Waals surface area contributed by atoms with Gasteiger partial charge >= 0.3 is 0 Å². The first-order valence-corrected chi connectivity index (χ1v) is 9.19. The Morgan fingerprint density at radius 2 is 2.11 bits per heavy atom. The smallest absolute Gasteiger partial charge is 0.257 e. The number of rotatable bonds is 4. The zero-order chi connectivity index (χ0) is 19.5. The van der Waals surface area contributed by atoms with E-state index in [1.165, 1.54) is 6.07 Å². The summed E-state index contributed by atoms with van der Waals surface area (Å²) in [5.74, 6) is -0.305. The van der Waals surface area contributed by atoms with Gasteiger partial charge in [0, 0.05) is 31.9 Å². The van der Waals surface area contributed by atoms with E-state index in [1.54, 1.807) is 41.2 Å². The van der Waals surface area contributed by atoms with E-state index in [2.05, 4.69) is 10.1 Å². The molecule has 2 aromatic heterocycles. The highest BCUT2D eigenvalue weighted by Gasteiger charge is 2.27. The molecule has 1 amide bonds. The fourth-order valence-corrected chi connectivity index (χ4v) is 3.34. The molecule has 7 heteroatoms. The normalized spacial score (nSPS) is 16.9. The van der Waals surface area contributed by atoms with E-state index in [-0.39, 0.29) is 17.8 Å². The van der Waals surface area contributed by atoms with Crippen LogP contribution in [0.4, 0.5) is 4.39 Å². The number of aryl methyl sites for hydroxylation is 1. The minimum atomic E-state index is -0.310. The number of nitrogens with zero attached hydrogens (tertiary/aromatic N) is 4. The largest absolute Gasteiger partial charge is 0.368 e. The van der Waals surface area contributed by atoms with E-state index >= 15 is 0 Å². The highest BCUT2D eigenvalue weighted by atomic mass is 19.1. The molecule has 1 saturated heterocycles. The van der Waals surface area contributed by atoms with Crippen LogP contribution in [0, 0.1) is 5.82 Å². The van der Waals surface area contributed by atoms with Crippen molar-refractivity contribution in [2.75, 3.05) is 19.7 Å². The maximum Gasteiger partial charge on any atom is 0.257 e. The van der Waals surface area contributed by atoms with E-state index in [4.69, 9.17) is 4.74 Å². The van der Waals surface area contributed by atoms with Gasteiger partial charge < -0.3 is 9.64 Å². The van der Waals surface area contributed by atoms with Gasteiger partial charge in [-0.3, -0.25) is 14.5 Å². The molecule has 4 rings (SSSR count). The van der Waals surface area contributed by atoms with Gasteiger partial charge in [0.25, 0.3) is 5.91 Å². The van der Waals surface area contributed by atoms with E-state index in [9.17, 15) is 9.18 Å². The quantitative estimate of drug-likeness (QED) is 0.698. The lowest BCUT2D eigenvalue weighted by Crippen LogP contribution is -2.42. The standard InChI is InChI=1S/C21H21FN4O2/c1-25-13-16(12-23-25)21(27)26-9-10-28-20(14-26)19-8-4-6-17(24-19)11-15-5-2-3-7-18(15)22/h2-8,12-13,20H,9-11,14H2,1H3/t20-/m0/s1. The van der Waals surface area contributed by atoms with Gasteiger partial charge in [-0.25, -0.2) is 4.39 Å². The van der Waals surface area contributed by atoms with Crippen LogP contribution in [0.2, 0.25) is 0 Å². The molecule has 0 radical (unpaired) electrons. The average molecular weight is 380 g/mol. The summed E-state index contributed by atoms with van der Waals surface area (Å²) < 4.78 is 21.4. The SMILES string of the molecule is Cn1cc(C(=O)N2CCO[C@H](c3cccc(Cc4ccccc4F)n3)C2)cn1. The second kappa shape index (κ2) is 7.90. The molecular formula is C21H21FN4O2. The van der Waals surface area contributed by atoms with E-state index in [0.717, 1.165) is 11.4 Å². The Kier molecular flexibility index (Phi) is 5.16. The van der Waals surface area contributed by atoms with Crippen LogP contribution in [0.3, 0.4) is 0 Å². The number of morpholine rings is 1. The topological polar surface area (TPSA) is 60.2 Å². The van der Waals surface area contributed by atoms with Crippen LogP contribution >= 0.6 is 0 Å². The van der Waals surface area contributed by atoms with Crippen molar-refractivity contribution < 1.29 is 13.9 Å². The summed E-state index contributed by atoms with van der Waals surface area (Å²) >= 11 is 0. The summed E-state index contributed by atoms with van der Waals surface area (Å²) in [6.45, 7) is 1.39. The first-order valence-electron chi connectivity index (χ1n) is 9.19. The Labute approximate surface area is 162 Å². The predicted molar refractivity (Wildman–Crippen MR) is 101 cm³/mol. The molecule has 0 unspecified atom stereocenters. The van der Waals surface area contributed by atoms with Crippen LogP contribution < -0.4 is 0 Å². The zero-order valence-corrected chi connectivity index (χ0v) is 15.6. The van der Waals surface area contributed by atoms with E-state index in [0.29, 0.717) is 37.2 Å². The van der Waals surface area contributed by atoms with Crippen molar-refractivity contribution in [3.8, 4) is 0 Å². The van der Waals surface area contributed by atoms with Crippen molar-refractivity contribution in [3.63, 3.8) is 0 Å². The van der Waals surface area contributed by atoms with Gasteiger partial charge in [0.15, 0.2) is 0 Å². The molecule has 0 saturated carbocycles. The minimum absolute atomic E-state index is 0.0658. The highest BCUT2D eigenvalue weighted by molar-refractivity contribution is 5.93. The van der Waals surface area contributed by atoms with Gasteiger partial charge in [-0.2, -0.15) is 5.10 Å². The molecule has 1 atom stereocenters. The molecule has 1 aliphatic heterocycles. The van der Waals surface area contributed by atoms with Crippen molar-refractivity contribution in [1.82, 2.24) is 19.7 Å². The number of ether oxygens (including phenoxy) is 1. The Hall–Kier alpha value is -3.06. The molecule has 6 nitrogen and oxygen atoms in total. The van der Waals surface area contributed by atoms with Crippen LogP contribution in [0.15, 0.2) is 54.9 Å². The number of carbonyl (C=O) groups excluding carboxylic acids is 1. The van der Waals surface area contributed by atoms with Crippen LogP contribution in [0.25, 0.3) is 0 Å². The van der Waals surface area contributed by atoms with Crippen LogP contribution in [0.5, 0.6) is 0 Å². The van der Waals surface area contributed by atoms with Gasteiger partial charge in [0.2, 0.25) is 0 Å². The average Bonchev–Trinajstić information content (AvgIpc) is 3.16. The summed E-state index contributed by atoms with van der Waals surface area (Å²) in [5.41, 5.74) is 2.67. The summed E-state index contributed by atoms with van der Waals surface area (Å²) in [6, 6.07) is 12.3. The lowest BCUT2D eigenvalue weighted by molar-refractivity contribution is -0.0248. The van der Waals surface area contributed by atoms with Crippen molar-refractivity contribution in [2.24, 2.45) is 7.05 Å². The zero-order valence-electron chi connectivity index (χ0n) is 15.6. The summed E-state index contributed by atoms with van der Waals surface area (Å²) in [6.07, 6.45) is 3.38. The molecular weight excluding hydrogens is 359 g/mol. The fraction of sp³-hybridized carbons (Fsp3) is 0.286. The Morgan fingerprint density at radius 3 is 2.89 bits per heavy atom. The van der Waals surface area contributed by atoms with E-state index < -0.39 is 0 Å². The van der Waals surface area contributed by atoms with Crippen molar-refractivity contribution >= 4 is 5.91 Å². The number of pyridine rings is 1. The van der Waals surface area contributed by atoms with Crippen molar-refractivity contribution in [2.45, 2.75) is 12.5 Å².